The smallest absolute Gasteiger partial charge is 0.341 e. The number of hydrogen-bond donors (Lipinski definition) is 4. The predicted molar refractivity (Wildman–Crippen MR) is 122 cm³/mol. The average Bonchev–Trinajstić information content (AvgIpc) is 2.76. The number of esters is 2. The quantitative estimate of drug-likeness (QED) is 0.172. The molecule has 33 heavy (non-hydrogen) atoms. The van der Waals surface area contributed by atoms with E-state index in [2.05, 4.69) is 5.32 Å². The van der Waals surface area contributed by atoms with Gasteiger partial charge in [-0.2, -0.15) is 0 Å². The average molecular weight is 456 g/mol. The molecule has 0 radical (unpaired) electrons. The van der Waals surface area contributed by atoms with Crippen LogP contribution in [0.3, 0.4) is 0 Å². The fourth-order valence-electron chi connectivity index (χ4n) is 3.07. The van der Waals surface area contributed by atoms with E-state index >= 15 is 0 Å². The largest absolute Gasteiger partial charge is 0.493 e. The lowest BCUT2D eigenvalue weighted by molar-refractivity contribution is -0.158. The minimum absolute atomic E-state index is 0.102. The molecule has 1 atom stereocenters. The third kappa shape index (κ3) is 6.96. The van der Waals surface area contributed by atoms with Crippen LogP contribution in [-0.4, -0.2) is 36.9 Å². The minimum atomic E-state index is -1.17. The summed E-state index contributed by atoms with van der Waals surface area (Å²) in [5.74, 6) is -1.74. The summed E-state index contributed by atoms with van der Waals surface area (Å²) >= 11 is 0. The Morgan fingerprint density at radius 1 is 1.03 bits per heavy atom. The molecule has 0 bridgehead atoms. The molecule has 6 N–H and O–H groups in total. The zero-order valence-electron chi connectivity index (χ0n) is 18.8. The number of amidine groups is 1. The van der Waals surface area contributed by atoms with Crippen molar-refractivity contribution in [2.45, 2.75) is 33.2 Å². The number of nitrogens with one attached hydrogen (secondary N) is 2. The SMILES string of the molecule is CCOc1cc(OCC(N)=O)c(C(Nc2ccc(C(=N)N)cc2)C(=O)OC(C)=O)cc1CC. The molecule has 0 saturated carbocycles. The Labute approximate surface area is 191 Å². The van der Waals surface area contributed by atoms with Crippen LogP contribution in [0.15, 0.2) is 36.4 Å². The number of aryl methyl sites for hydroxylation is 1. The van der Waals surface area contributed by atoms with Crippen LogP contribution in [0.1, 0.15) is 43.5 Å². The van der Waals surface area contributed by atoms with Crippen LogP contribution >= 0.6 is 0 Å². The van der Waals surface area contributed by atoms with Gasteiger partial charge in [0.15, 0.2) is 12.6 Å². The Kier molecular flexibility index (Phi) is 8.79. The maximum Gasteiger partial charge on any atom is 0.341 e. The highest BCUT2D eigenvalue weighted by Gasteiger charge is 2.29. The molecule has 0 aliphatic rings. The second-order valence-corrected chi connectivity index (χ2v) is 7.02. The lowest BCUT2D eigenvalue weighted by Crippen LogP contribution is -2.27. The fourth-order valence-corrected chi connectivity index (χ4v) is 3.07. The lowest BCUT2D eigenvalue weighted by atomic mass is 9.99. The van der Waals surface area contributed by atoms with Crippen LogP contribution in [0.5, 0.6) is 11.5 Å². The van der Waals surface area contributed by atoms with Gasteiger partial charge in [-0.25, -0.2) is 4.79 Å². The molecule has 0 fully saturated rings. The number of primary amides is 1. The van der Waals surface area contributed by atoms with Crippen molar-refractivity contribution in [1.82, 2.24) is 0 Å². The molecule has 1 unspecified atom stereocenters. The van der Waals surface area contributed by atoms with E-state index in [9.17, 15) is 14.4 Å². The van der Waals surface area contributed by atoms with Gasteiger partial charge in [-0.3, -0.25) is 15.0 Å². The van der Waals surface area contributed by atoms with Crippen molar-refractivity contribution < 1.29 is 28.6 Å². The van der Waals surface area contributed by atoms with Crippen molar-refractivity contribution in [3.8, 4) is 11.5 Å². The number of nitrogen functional groups attached to an aromatic ring is 1. The van der Waals surface area contributed by atoms with Crippen molar-refractivity contribution in [3.05, 3.63) is 53.1 Å². The van der Waals surface area contributed by atoms with E-state index < -0.39 is 30.5 Å². The minimum Gasteiger partial charge on any atom is -0.493 e. The molecule has 10 nitrogen and oxygen atoms in total. The number of carbonyl (C=O) groups is 3. The molecule has 0 saturated heterocycles. The Hall–Kier alpha value is -4.08. The van der Waals surface area contributed by atoms with Gasteiger partial charge in [0.25, 0.3) is 5.91 Å². The summed E-state index contributed by atoms with van der Waals surface area (Å²) in [6, 6.07) is 8.59. The molecule has 1 amide bonds. The summed E-state index contributed by atoms with van der Waals surface area (Å²) in [7, 11) is 0. The van der Waals surface area contributed by atoms with E-state index in [0.29, 0.717) is 35.6 Å². The Bertz CT molecular complexity index is 1040. The van der Waals surface area contributed by atoms with E-state index in [1.54, 1.807) is 36.4 Å². The predicted octanol–water partition coefficient (Wildman–Crippen LogP) is 2.04. The zero-order valence-corrected chi connectivity index (χ0v) is 18.8. The van der Waals surface area contributed by atoms with Gasteiger partial charge in [0.1, 0.15) is 17.3 Å². The van der Waals surface area contributed by atoms with Gasteiger partial charge >= 0.3 is 11.9 Å². The van der Waals surface area contributed by atoms with Crippen LogP contribution in [0.4, 0.5) is 5.69 Å². The number of anilines is 1. The number of carbonyl (C=O) groups excluding carboxylic acids is 3. The molecule has 2 aromatic carbocycles. The highest BCUT2D eigenvalue weighted by Crippen LogP contribution is 2.36. The van der Waals surface area contributed by atoms with Crippen molar-refractivity contribution in [3.63, 3.8) is 0 Å². The summed E-state index contributed by atoms with van der Waals surface area (Å²) < 4.78 is 16.1. The molecule has 176 valence electrons. The molecule has 2 rings (SSSR count). The Balaban J connectivity index is 2.58. The standard InChI is InChI=1S/C23H28N4O6/c1-4-14-10-17(19(32-12-20(24)29)11-18(14)31-5-2)21(23(30)33-13(3)28)27-16-8-6-15(7-9-16)22(25)26/h6-11,21,27H,4-5,12H2,1-3H3,(H2,24,29)(H3,25,26). The topological polar surface area (TPSA) is 167 Å². The summed E-state index contributed by atoms with van der Waals surface area (Å²) in [5.41, 5.74) is 12.8. The van der Waals surface area contributed by atoms with E-state index in [4.69, 9.17) is 31.1 Å². The van der Waals surface area contributed by atoms with Crippen molar-refractivity contribution in [1.29, 1.82) is 5.41 Å². The first-order valence-corrected chi connectivity index (χ1v) is 10.3. The van der Waals surface area contributed by atoms with Crippen molar-refractivity contribution in [2.24, 2.45) is 11.5 Å². The molecular formula is C23H28N4O6. The molecule has 0 heterocycles. The van der Waals surface area contributed by atoms with Crippen LogP contribution in [0, 0.1) is 5.41 Å². The van der Waals surface area contributed by atoms with E-state index in [-0.39, 0.29) is 11.6 Å². The Morgan fingerprint density at radius 3 is 2.21 bits per heavy atom. The van der Waals surface area contributed by atoms with E-state index in [1.807, 2.05) is 13.8 Å². The van der Waals surface area contributed by atoms with Crippen LogP contribution < -0.4 is 26.3 Å². The first-order chi connectivity index (χ1) is 15.7. The molecule has 0 spiro atoms. The number of benzene rings is 2. The third-order valence-electron chi connectivity index (χ3n) is 4.54. The van der Waals surface area contributed by atoms with Gasteiger partial charge in [-0.05, 0) is 49.2 Å². The summed E-state index contributed by atoms with van der Waals surface area (Å²) in [6.45, 7) is 4.85. The molecular weight excluding hydrogens is 428 g/mol. The fraction of sp³-hybridized carbons (Fsp3) is 0.304. The summed E-state index contributed by atoms with van der Waals surface area (Å²) in [5, 5.41) is 10.5. The van der Waals surface area contributed by atoms with Crippen LogP contribution in [-0.2, 0) is 25.5 Å². The van der Waals surface area contributed by atoms with Crippen molar-refractivity contribution in [2.75, 3.05) is 18.5 Å². The van der Waals surface area contributed by atoms with Gasteiger partial charge in [-0.15, -0.1) is 0 Å². The highest BCUT2D eigenvalue weighted by atomic mass is 16.6. The number of rotatable bonds is 11. The second kappa shape index (κ2) is 11.5. The molecule has 0 aromatic heterocycles. The molecule has 0 aliphatic heterocycles. The Morgan fingerprint density at radius 2 is 1.70 bits per heavy atom. The molecule has 0 aliphatic carbocycles. The lowest BCUT2D eigenvalue weighted by Gasteiger charge is -2.23. The number of nitrogens with two attached hydrogens (primary N) is 2. The van der Waals surface area contributed by atoms with Gasteiger partial charge < -0.3 is 31.0 Å². The number of hydrogen-bond acceptors (Lipinski definition) is 8. The summed E-state index contributed by atoms with van der Waals surface area (Å²) in [4.78, 5) is 35.7. The monoisotopic (exact) mass is 456 g/mol. The van der Waals surface area contributed by atoms with Crippen molar-refractivity contribution >= 4 is 29.4 Å². The van der Waals surface area contributed by atoms with Gasteiger partial charge in [0, 0.05) is 29.8 Å². The van der Waals surface area contributed by atoms with E-state index in [1.165, 1.54) is 0 Å². The zero-order chi connectivity index (χ0) is 24.5. The molecule has 10 heteroatoms. The number of amides is 1. The van der Waals surface area contributed by atoms with Crippen LogP contribution in [0.2, 0.25) is 0 Å². The third-order valence-corrected chi connectivity index (χ3v) is 4.54. The van der Waals surface area contributed by atoms with E-state index in [0.717, 1.165) is 12.5 Å². The van der Waals surface area contributed by atoms with Gasteiger partial charge in [0.05, 0.1) is 6.61 Å². The summed E-state index contributed by atoms with van der Waals surface area (Å²) in [6.07, 6.45) is 0.584. The second-order valence-electron chi connectivity index (χ2n) is 7.02. The van der Waals surface area contributed by atoms with Crippen LogP contribution in [0.25, 0.3) is 0 Å². The highest BCUT2D eigenvalue weighted by molar-refractivity contribution is 5.95. The van der Waals surface area contributed by atoms with Gasteiger partial charge in [0.2, 0.25) is 0 Å². The first-order valence-electron chi connectivity index (χ1n) is 10.3. The number of ether oxygens (including phenoxy) is 3. The molecule has 2 aromatic rings. The first kappa shape index (κ1) is 25.2. The normalized spacial score (nSPS) is 11.2. The maximum atomic E-state index is 12.9. The van der Waals surface area contributed by atoms with Gasteiger partial charge in [-0.1, -0.05) is 6.92 Å². The maximum absolute atomic E-state index is 12.9.